The third kappa shape index (κ3) is 5.11. The van der Waals surface area contributed by atoms with Crippen molar-refractivity contribution in [3.05, 3.63) is 42.2 Å². The zero-order chi connectivity index (χ0) is 16.7. The molecule has 0 spiro atoms. The van der Waals surface area contributed by atoms with Crippen molar-refractivity contribution >= 4 is 17.7 Å². The number of hydrogen-bond donors (Lipinski definition) is 1. The highest BCUT2D eigenvalue weighted by Crippen LogP contribution is 2.22. The van der Waals surface area contributed by atoms with Crippen molar-refractivity contribution in [3.63, 3.8) is 0 Å². The minimum Gasteiger partial charge on any atom is -0.383 e. The van der Waals surface area contributed by atoms with Crippen molar-refractivity contribution in [3.8, 4) is 5.69 Å². The number of benzene rings is 1. The van der Waals surface area contributed by atoms with Crippen molar-refractivity contribution in [2.75, 3.05) is 26.0 Å². The zero-order valence-electron chi connectivity index (χ0n) is 13.8. The van der Waals surface area contributed by atoms with Crippen molar-refractivity contribution in [2.45, 2.75) is 24.9 Å². The molecule has 6 heteroatoms. The number of nitrogens with one attached hydrogen (secondary N) is 1. The molecule has 0 atom stereocenters. The van der Waals surface area contributed by atoms with Gasteiger partial charge in [0.1, 0.15) is 0 Å². The van der Waals surface area contributed by atoms with Crippen LogP contribution in [0.1, 0.15) is 25.3 Å². The van der Waals surface area contributed by atoms with Crippen LogP contribution in [0.15, 0.2) is 41.8 Å². The maximum Gasteiger partial charge on any atom is 0.230 e. The molecule has 0 aliphatic heterocycles. The van der Waals surface area contributed by atoms with Crippen molar-refractivity contribution in [2.24, 2.45) is 0 Å². The summed E-state index contributed by atoms with van der Waals surface area (Å²) in [6, 6.07) is 8.43. The number of ether oxygens (including phenoxy) is 1. The maximum atomic E-state index is 11.8. The van der Waals surface area contributed by atoms with E-state index in [1.807, 2.05) is 10.8 Å². The van der Waals surface area contributed by atoms with E-state index in [4.69, 9.17) is 4.74 Å². The number of nitrogens with zero attached hydrogens (tertiary/aromatic N) is 2. The molecule has 1 aromatic heterocycles. The highest BCUT2D eigenvalue weighted by molar-refractivity contribution is 7.99. The number of imidazole rings is 1. The summed E-state index contributed by atoms with van der Waals surface area (Å²) < 4.78 is 6.91. The third-order valence-corrected chi connectivity index (χ3v) is 4.37. The summed E-state index contributed by atoms with van der Waals surface area (Å²) in [4.78, 5) is 16.1. The lowest BCUT2D eigenvalue weighted by molar-refractivity contribution is -0.118. The zero-order valence-corrected chi connectivity index (χ0v) is 14.6. The second-order valence-electron chi connectivity index (χ2n) is 5.46. The van der Waals surface area contributed by atoms with Gasteiger partial charge in [0, 0.05) is 31.7 Å². The fourth-order valence-electron chi connectivity index (χ4n) is 2.09. The first-order chi connectivity index (χ1) is 11.1. The first kappa shape index (κ1) is 17.6. The molecule has 0 bridgehead atoms. The first-order valence-electron chi connectivity index (χ1n) is 7.64. The lowest BCUT2D eigenvalue weighted by Crippen LogP contribution is -2.28. The molecule has 0 fully saturated rings. The Morgan fingerprint density at radius 1 is 1.35 bits per heavy atom. The predicted octanol–water partition coefficient (Wildman–Crippen LogP) is 2.85. The van der Waals surface area contributed by atoms with Crippen LogP contribution in [0.5, 0.6) is 0 Å². The molecule has 124 valence electrons. The van der Waals surface area contributed by atoms with Crippen molar-refractivity contribution in [1.29, 1.82) is 0 Å². The average Bonchev–Trinajstić information content (AvgIpc) is 3.02. The van der Waals surface area contributed by atoms with Gasteiger partial charge in [0.05, 0.1) is 12.4 Å². The molecule has 1 N–H and O–H groups in total. The van der Waals surface area contributed by atoms with Crippen molar-refractivity contribution < 1.29 is 9.53 Å². The molecule has 1 amide bonds. The second kappa shape index (κ2) is 8.74. The lowest BCUT2D eigenvalue weighted by atomic mass is 10.0. The van der Waals surface area contributed by atoms with Gasteiger partial charge in [0.2, 0.25) is 5.91 Å². The Morgan fingerprint density at radius 3 is 2.74 bits per heavy atom. The molecular weight excluding hydrogens is 310 g/mol. The molecule has 0 saturated carbocycles. The standard InChI is InChI=1S/C17H23N3O2S/c1-13(2)14-4-6-15(7-5-14)20-10-8-19-17(20)23-12-16(21)18-9-11-22-3/h4-8,10,13H,9,11-12H2,1-3H3,(H,18,21). The van der Waals surface area contributed by atoms with Gasteiger partial charge in [-0.1, -0.05) is 37.7 Å². The molecule has 0 aliphatic rings. The Labute approximate surface area is 141 Å². The molecule has 1 heterocycles. The maximum absolute atomic E-state index is 11.8. The van der Waals surface area contributed by atoms with E-state index in [9.17, 15) is 4.79 Å². The molecule has 5 nitrogen and oxygen atoms in total. The molecule has 0 unspecified atom stereocenters. The van der Waals surface area contributed by atoms with Crippen LogP contribution in [-0.4, -0.2) is 41.5 Å². The summed E-state index contributed by atoms with van der Waals surface area (Å²) in [6.07, 6.45) is 3.66. The highest BCUT2D eigenvalue weighted by Gasteiger charge is 2.09. The van der Waals surface area contributed by atoms with Crippen LogP contribution in [0.3, 0.4) is 0 Å². The number of hydrogen-bond acceptors (Lipinski definition) is 4. The van der Waals surface area contributed by atoms with E-state index >= 15 is 0 Å². The van der Waals surface area contributed by atoms with Crippen LogP contribution in [0, 0.1) is 0 Å². The van der Waals surface area contributed by atoms with Crippen LogP contribution in [-0.2, 0) is 9.53 Å². The van der Waals surface area contributed by atoms with E-state index in [2.05, 4.69) is 48.4 Å². The smallest absolute Gasteiger partial charge is 0.230 e. The summed E-state index contributed by atoms with van der Waals surface area (Å²) >= 11 is 1.42. The Bertz CT molecular complexity index is 623. The first-order valence-corrected chi connectivity index (χ1v) is 8.62. The number of thioether (sulfide) groups is 1. The van der Waals surface area contributed by atoms with Gasteiger partial charge in [-0.25, -0.2) is 4.98 Å². The largest absolute Gasteiger partial charge is 0.383 e. The second-order valence-corrected chi connectivity index (χ2v) is 6.40. The Morgan fingerprint density at radius 2 is 2.09 bits per heavy atom. The van der Waals surface area contributed by atoms with Gasteiger partial charge in [-0.15, -0.1) is 0 Å². The molecule has 0 aliphatic carbocycles. The summed E-state index contributed by atoms with van der Waals surface area (Å²) in [6.45, 7) is 5.40. The van der Waals surface area contributed by atoms with Gasteiger partial charge in [-0.3, -0.25) is 9.36 Å². The summed E-state index contributed by atoms with van der Waals surface area (Å²) in [5.41, 5.74) is 2.36. The Kier molecular flexibility index (Phi) is 6.67. The fraction of sp³-hybridized carbons (Fsp3) is 0.412. The molecular formula is C17H23N3O2S. The number of amides is 1. The van der Waals surface area contributed by atoms with Crippen LogP contribution < -0.4 is 5.32 Å². The van der Waals surface area contributed by atoms with Crippen LogP contribution in [0.2, 0.25) is 0 Å². The number of carbonyl (C=O) groups excluding carboxylic acids is 1. The minimum absolute atomic E-state index is 0.0169. The summed E-state index contributed by atoms with van der Waals surface area (Å²) in [5.74, 6) is 0.832. The van der Waals surface area contributed by atoms with E-state index in [0.29, 0.717) is 24.8 Å². The monoisotopic (exact) mass is 333 g/mol. The van der Waals surface area contributed by atoms with Gasteiger partial charge < -0.3 is 10.1 Å². The minimum atomic E-state index is -0.0169. The highest BCUT2D eigenvalue weighted by atomic mass is 32.2. The van der Waals surface area contributed by atoms with E-state index in [-0.39, 0.29) is 5.91 Å². The van der Waals surface area contributed by atoms with E-state index in [1.165, 1.54) is 17.3 Å². The van der Waals surface area contributed by atoms with E-state index in [0.717, 1.165) is 10.8 Å². The van der Waals surface area contributed by atoms with Gasteiger partial charge in [-0.05, 0) is 23.6 Å². The average molecular weight is 333 g/mol. The molecule has 0 radical (unpaired) electrons. The molecule has 2 rings (SSSR count). The van der Waals surface area contributed by atoms with Crippen LogP contribution >= 0.6 is 11.8 Å². The van der Waals surface area contributed by atoms with E-state index in [1.54, 1.807) is 13.3 Å². The van der Waals surface area contributed by atoms with E-state index < -0.39 is 0 Å². The topological polar surface area (TPSA) is 56.1 Å². The van der Waals surface area contributed by atoms with Crippen molar-refractivity contribution in [1.82, 2.24) is 14.9 Å². The normalized spacial score (nSPS) is 11.0. The number of rotatable bonds is 8. The Hall–Kier alpha value is -1.79. The van der Waals surface area contributed by atoms with Gasteiger partial charge in [-0.2, -0.15) is 0 Å². The van der Waals surface area contributed by atoms with Crippen LogP contribution in [0.4, 0.5) is 0 Å². The predicted molar refractivity (Wildman–Crippen MR) is 93.3 cm³/mol. The number of aromatic nitrogens is 2. The Balaban J connectivity index is 1.98. The van der Waals surface area contributed by atoms with Gasteiger partial charge in [0.15, 0.2) is 5.16 Å². The summed E-state index contributed by atoms with van der Waals surface area (Å²) in [7, 11) is 1.61. The molecule has 23 heavy (non-hydrogen) atoms. The van der Waals surface area contributed by atoms with Gasteiger partial charge >= 0.3 is 0 Å². The SMILES string of the molecule is COCCNC(=O)CSc1nccn1-c1ccc(C(C)C)cc1. The number of carbonyl (C=O) groups is 1. The molecule has 0 saturated heterocycles. The quantitative estimate of drug-likeness (QED) is 0.596. The molecule has 1 aromatic carbocycles. The molecule has 2 aromatic rings. The number of methoxy groups -OCH3 is 1. The third-order valence-electron chi connectivity index (χ3n) is 3.41. The summed E-state index contributed by atoms with van der Waals surface area (Å²) in [5, 5.41) is 3.61. The lowest BCUT2D eigenvalue weighted by Gasteiger charge is -2.10. The fourth-order valence-corrected chi connectivity index (χ4v) is 2.89. The van der Waals surface area contributed by atoms with Gasteiger partial charge in [0.25, 0.3) is 0 Å². The van der Waals surface area contributed by atoms with Crippen LogP contribution in [0.25, 0.3) is 5.69 Å².